The summed E-state index contributed by atoms with van der Waals surface area (Å²) in [6.07, 6.45) is 0.420. The molecule has 0 aliphatic heterocycles. The topological polar surface area (TPSA) is 66.9 Å². The molecule has 0 aliphatic rings. The van der Waals surface area contributed by atoms with Gasteiger partial charge in [-0.3, -0.25) is 4.79 Å². The van der Waals surface area contributed by atoms with Gasteiger partial charge < -0.3 is 10.6 Å². The van der Waals surface area contributed by atoms with Crippen LogP contribution in [0.1, 0.15) is 33.0 Å². The number of nitrogens with zero attached hydrogens (tertiary/aromatic N) is 2. The van der Waals surface area contributed by atoms with E-state index in [0.29, 0.717) is 13.0 Å². The van der Waals surface area contributed by atoms with Crippen molar-refractivity contribution >= 4 is 27.7 Å². The van der Waals surface area contributed by atoms with Crippen LogP contribution in [-0.4, -0.2) is 29.5 Å². The van der Waals surface area contributed by atoms with Crippen LogP contribution in [0, 0.1) is 0 Å². The highest BCUT2D eigenvalue weighted by atomic mass is 79.9. The smallest absolute Gasteiger partial charge is 0.221 e. The number of carbonyl (C=O) groups is 1. The Bertz CT molecular complexity index is 429. The first kappa shape index (κ1) is 14.9. The first-order valence-electron chi connectivity index (χ1n) is 5.82. The molecule has 1 rings (SSSR count). The molecule has 0 unspecified atom stereocenters. The number of aromatic nitrogens is 2. The van der Waals surface area contributed by atoms with E-state index in [9.17, 15) is 4.79 Å². The Balaban J connectivity index is 2.72. The van der Waals surface area contributed by atoms with E-state index in [4.69, 9.17) is 0 Å². The van der Waals surface area contributed by atoms with E-state index in [0.717, 1.165) is 16.2 Å². The Kier molecular flexibility index (Phi) is 5.07. The van der Waals surface area contributed by atoms with Gasteiger partial charge in [-0.15, -0.1) is 0 Å². The second-order valence-electron chi connectivity index (χ2n) is 5.00. The molecule has 5 nitrogen and oxygen atoms in total. The van der Waals surface area contributed by atoms with Gasteiger partial charge in [0.05, 0.1) is 0 Å². The summed E-state index contributed by atoms with van der Waals surface area (Å²) in [6, 6.07) is 1.80. The molecule has 0 spiro atoms. The predicted octanol–water partition coefficient (Wildman–Crippen LogP) is 2.08. The molecule has 1 aromatic rings. The van der Waals surface area contributed by atoms with Gasteiger partial charge in [0.2, 0.25) is 5.91 Å². The van der Waals surface area contributed by atoms with Crippen LogP contribution in [0.25, 0.3) is 0 Å². The summed E-state index contributed by atoms with van der Waals surface area (Å²) in [4.78, 5) is 19.9. The number of carbonyl (C=O) groups excluding carboxylic acids is 1. The molecule has 100 valence electrons. The van der Waals surface area contributed by atoms with Gasteiger partial charge in [-0.05, 0) is 15.9 Å². The van der Waals surface area contributed by atoms with E-state index in [2.05, 4.69) is 57.3 Å². The Hall–Kier alpha value is -1.17. The van der Waals surface area contributed by atoms with E-state index >= 15 is 0 Å². The number of nitrogens with one attached hydrogen (secondary N) is 2. The Morgan fingerprint density at radius 2 is 2.06 bits per heavy atom. The van der Waals surface area contributed by atoms with Crippen LogP contribution >= 0.6 is 15.9 Å². The SMILES string of the molecule is CNC(=O)CCNc1cc(Br)nc(C(C)(C)C)n1. The van der Waals surface area contributed by atoms with Crippen molar-refractivity contribution < 1.29 is 4.79 Å². The van der Waals surface area contributed by atoms with Crippen LogP contribution in [0.5, 0.6) is 0 Å². The lowest BCUT2D eigenvalue weighted by Gasteiger charge is -2.17. The third-order valence-electron chi connectivity index (χ3n) is 2.30. The second kappa shape index (κ2) is 6.13. The van der Waals surface area contributed by atoms with E-state index in [1.807, 2.05) is 0 Å². The lowest BCUT2D eigenvalue weighted by molar-refractivity contribution is -0.120. The van der Waals surface area contributed by atoms with Crippen LogP contribution in [0.2, 0.25) is 0 Å². The van der Waals surface area contributed by atoms with Crippen molar-refractivity contribution in [2.45, 2.75) is 32.6 Å². The minimum Gasteiger partial charge on any atom is -0.369 e. The minimum absolute atomic E-state index is 0.00617. The van der Waals surface area contributed by atoms with Crippen LogP contribution < -0.4 is 10.6 Å². The number of amides is 1. The minimum atomic E-state index is -0.110. The van der Waals surface area contributed by atoms with E-state index in [1.165, 1.54) is 0 Å². The first-order chi connectivity index (χ1) is 8.32. The van der Waals surface area contributed by atoms with Gasteiger partial charge in [0.1, 0.15) is 16.2 Å². The lowest BCUT2D eigenvalue weighted by Crippen LogP contribution is -2.22. The lowest BCUT2D eigenvalue weighted by atomic mass is 9.96. The average Bonchev–Trinajstić information content (AvgIpc) is 2.27. The standard InChI is InChI=1S/C12H19BrN4O/c1-12(2,3)11-16-8(13)7-9(17-11)15-6-5-10(18)14-4/h7H,5-6H2,1-4H3,(H,14,18)(H,15,16,17). The van der Waals surface area contributed by atoms with Gasteiger partial charge in [-0.1, -0.05) is 20.8 Å². The molecule has 0 saturated heterocycles. The Morgan fingerprint density at radius 3 is 2.61 bits per heavy atom. The van der Waals surface area contributed by atoms with Gasteiger partial charge in [0.25, 0.3) is 0 Å². The normalized spacial score (nSPS) is 11.2. The molecule has 0 fully saturated rings. The molecule has 0 aromatic carbocycles. The summed E-state index contributed by atoms with van der Waals surface area (Å²) in [7, 11) is 1.63. The zero-order valence-electron chi connectivity index (χ0n) is 11.2. The second-order valence-corrected chi connectivity index (χ2v) is 5.81. The fourth-order valence-electron chi connectivity index (χ4n) is 1.27. The van der Waals surface area contributed by atoms with Gasteiger partial charge in [-0.2, -0.15) is 0 Å². The molecule has 0 atom stereocenters. The van der Waals surface area contributed by atoms with Gasteiger partial charge in [0, 0.05) is 31.5 Å². The Labute approximate surface area is 116 Å². The van der Waals surface area contributed by atoms with Crippen LogP contribution in [-0.2, 0) is 10.2 Å². The molecular weight excluding hydrogens is 296 g/mol. The zero-order chi connectivity index (χ0) is 13.8. The van der Waals surface area contributed by atoms with Crippen molar-refractivity contribution in [1.82, 2.24) is 15.3 Å². The van der Waals surface area contributed by atoms with Gasteiger partial charge >= 0.3 is 0 Å². The van der Waals surface area contributed by atoms with E-state index < -0.39 is 0 Å². The maximum absolute atomic E-state index is 11.1. The summed E-state index contributed by atoms with van der Waals surface area (Å²) in [5, 5.41) is 5.70. The number of hydrogen-bond donors (Lipinski definition) is 2. The average molecular weight is 315 g/mol. The largest absolute Gasteiger partial charge is 0.369 e. The molecular formula is C12H19BrN4O. The molecule has 0 radical (unpaired) electrons. The zero-order valence-corrected chi connectivity index (χ0v) is 12.8. The summed E-state index contributed by atoms with van der Waals surface area (Å²) >= 11 is 3.37. The highest BCUT2D eigenvalue weighted by Gasteiger charge is 2.18. The summed E-state index contributed by atoms with van der Waals surface area (Å²) in [5.74, 6) is 1.50. The van der Waals surface area contributed by atoms with Crippen LogP contribution in [0.4, 0.5) is 5.82 Å². The third-order valence-corrected chi connectivity index (χ3v) is 2.71. The van der Waals surface area contributed by atoms with Crippen LogP contribution in [0.15, 0.2) is 10.7 Å². The quantitative estimate of drug-likeness (QED) is 0.835. The maximum atomic E-state index is 11.1. The summed E-state index contributed by atoms with van der Waals surface area (Å²) in [5.41, 5.74) is -0.110. The van der Waals surface area contributed by atoms with Gasteiger partial charge in [-0.25, -0.2) is 9.97 Å². The number of anilines is 1. The molecule has 1 aromatic heterocycles. The first-order valence-corrected chi connectivity index (χ1v) is 6.61. The van der Waals surface area contributed by atoms with Crippen molar-refractivity contribution in [2.75, 3.05) is 18.9 Å². The fourth-order valence-corrected chi connectivity index (χ4v) is 1.66. The molecule has 0 aliphatic carbocycles. The monoisotopic (exact) mass is 314 g/mol. The highest BCUT2D eigenvalue weighted by molar-refractivity contribution is 9.10. The molecule has 1 heterocycles. The molecule has 1 amide bonds. The summed E-state index contributed by atoms with van der Waals surface area (Å²) < 4.78 is 0.741. The summed E-state index contributed by atoms with van der Waals surface area (Å²) in [6.45, 7) is 6.72. The van der Waals surface area contributed by atoms with Crippen LogP contribution in [0.3, 0.4) is 0 Å². The number of rotatable bonds is 4. The Morgan fingerprint density at radius 1 is 1.39 bits per heavy atom. The molecule has 18 heavy (non-hydrogen) atoms. The predicted molar refractivity (Wildman–Crippen MR) is 75.6 cm³/mol. The number of halogens is 1. The van der Waals surface area contributed by atoms with Crippen molar-refractivity contribution in [3.8, 4) is 0 Å². The van der Waals surface area contributed by atoms with E-state index in [-0.39, 0.29) is 11.3 Å². The molecule has 0 bridgehead atoms. The maximum Gasteiger partial charge on any atom is 0.221 e. The fraction of sp³-hybridized carbons (Fsp3) is 0.583. The van der Waals surface area contributed by atoms with Crippen molar-refractivity contribution in [3.05, 3.63) is 16.5 Å². The third kappa shape index (κ3) is 4.60. The molecule has 2 N–H and O–H groups in total. The highest BCUT2D eigenvalue weighted by Crippen LogP contribution is 2.22. The van der Waals surface area contributed by atoms with E-state index in [1.54, 1.807) is 13.1 Å². The van der Waals surface area contributed by atoms with Crippen molar-refractivity contribution in [3.63, 3.8) is 0 Å². The van der Waals surface area contributed by atoms with Crippen molar-refractivity contribution in [1.29, 1.82) is 0 Å². The van der Waals surface area contributed by atoms with Gasteiger partial charge in [0.15, 0.2) is 0 Å². The van der Waals surface area contributed by atoms with Crippen molar-refractivity contribution in [2.24, 2.45) is 0 Å². The number of hydrogen-bond acceptors (Lipinski definition) is 4. The molecule has 0 saturated carbocycles. The molecule has 6 heteroatoms.